The molecular weight excluding hydrogens is 387 g/mol. The topological polar surface area (TPSA) is 32.7 Å². The van der Waals surface area contributed by atoms with Crippen LogP contribution in [-0.4, -0.2) is 24.7 Å². The fourth-order valence-corrected chi connectivity index (χ4v) is 3.80. The molecule has 1 heterocycles. The van der Waals surface area contributed by atoms with Gasteiger partial charge in [0.2, 0.25) is 0 Å². The molecule has 3 aromatic carbocycles. The highest BCUT2D eigenvalue weighted by molar-refractivity contribution is 6.32. The number of benzodiazepines with no additional fused rings is 1. The molecule has 3 nitrogen and oxygen atoms in total. The third-order valence-electron chi connectivity index (χ3n) is 5.27. The van der Waals surface area contributed by atoms with Crippen molar-refractivity contribution in [3.63, 3.8) is 0 Å². The average Bonchev–Trinajstić information content (AvgIpc) is 2.81. The van der Waals surface area contributed by atoms with Crippen molar-refractivity contribution in [3.05, 3.63) is 99.8 Å². The Hall–Kier alpha value is -2.98. The van der Waals surface area contributed by atoms with E-state index in [2.05, 4.69) is 0 Å². The zero-order chi connectivity index (χ0) is 20.5. The minimum absolute atomic E-state index is 0.0889. The van der Waals surface area contributed by atoms with Crippen molar-refractivity contribution in [3.8, 4) is 0 Å². The maximum atomic E-state index is 13.5. The number of benzene rings is 3. The van der Waals surface area contributed by atoms with Crippen molar-refractivity contribution in [2.75, 3.05) is 11.9 Å². The molecule has 0 aliphatic carbocycles. The molecule has 1 unspecified atom stereocenters. The summed E-state index contributed by atoms with van der Waals surface area (Å²) < 4.78 is 13.5. The second kappa shape index (κ2) is 7.80. The third kappa shape index (κ3) is 3.81. The van der Waals surface area contributed by atoms with Crippen LogP contribution in [0.5, 0.6) is 0 Å². The third-order valence-corrected chi connectivity index (χ3v) is 5.50. The number of aliphatic imine (C=N–C) groups is 1. The maximum Gasteiger partial charge on any atom is 0.251 e. The highest BCUT2D eigenvalue weighted by Gasteiger charge is 2.30. The molecule has 1 amide bonds. The van der Waals surface area contributed by atoms with Crippen molar-refractivity contribution in [2.45, 2.75) is 19.4 Å². The summed E-state index contributed by atoms with van der Waals surface area (Å²) >= 11 is 6.26. The zero-order valence-electron chi connectivity index (χ0n) is 16.2. The first-order valence-corrected chi connectivity index (χ1v) is 9.77. The summed E-state index contributed by atoms with van der Waals surface area (Å²) in [5.41, 5.74) is 5.06. The van der Waals surface area contributed by atoms with E-state index in [1.165, 1.54) is 12.1 Å². The second-order valence-corrected chi connectivity index (χ2v) is 7.63. The summed E-state index contributed by atoms with van der Waals surface area (Å²) in [5, 5.41) is 0.553. The van der Waals surface area contributed by atoms with Crippen LogP contribution in [-0.2, 0) is 11.2 Å². The van der Waals surface area contributed by atoms with Crippen LogP contribution in [0.15, 0.2) is 71.7 Å². The molecule has 1 atom stereocenters. The number of halogens is 2. The highest BCUT2D eigenvalue weighted by Crippen LogP contribution is 2.31. The van der Waals surface area contributed by atoms with Crippen LogP contribution in [0.25, 0.3) is 0 Å². The molecule has 0 saturated carbocycles. The molecule has 1 aliphatic rings. The van der Waals surface area contributed by atoms with Crippen molar-refractivity contribution < 1.29 is 9.18 Å². The van der Waals surface area contributed by atoms with Crippen LogP contribution in [0.2, 0.25) is 5.02 Å². The highest BCUT2D eigenvalue weighted by atomic mass is 35.5. The smallest absolute Gasteiger partial charge is 0.251 e. The van der Waals surface area contributed by atoms with E-state index in [9.17, 15) is 9.18 Å². The number of carbonyl (C=O) groups excluding carboxylic acids is 1. The van der Waals surface area contributed by atoms with Crippen LogP contribution in [0.4, 0.5) is 10.1 Å². The molecule has 0 radical (unpaired) electrons. The molecule has 0 aromatic heterocycles. The Morgan fingerprint density at radius 2 is 1.79 bits per heavy atom. The van der Waals surface area contributed by atoms with Gasteiger partial charge >= 0.3 is 0 Å². The number of fused-ring (bicyclic) bond motifs is 1. The van der Waals surface area contributed by atoms with E-state index in [1.807, 2.05) is 37.3 Å². The van der Waals surface area contributed by atoms with Gasteiger partial charge in [0.05, 0.1) is 11.4 Å². The van der Waals surface area contributed by atoms with E-state index in [-0.39, 0.29) is 11.7 Å². The molecular formula is C24H20ClFN2O. The van der Waals surface area contributed by atoms with Crippen LogP contribution in [0.1, 0.15) is 22.3 Å². The Bertz CT molecular complexity index is 1110. The number of aryl methyl sites for hydroxylation is 1. The monoisotopic (exact) mass is 406 g/mol. The summed E-state index contributed by atoms with van der Waals surface area (Å²) in [6.07, 6.45) is 0.488. The molecule has 0 spiro atoms. The fourth-order valence-electron chi connectivity index (χ4n) is 3.63. The van der Waals surface area contributed by atoms with E-state index in [0.717, 1.165) is 27.9 Å². The lowest BCUT2D eigenvalue weighted by Crippen LogP contribution is -2.36. The molecule has 4 rings (SSSR count). The number of rotatable bonds is 3. The van der Waals surface area contributed by atoms with E-state index in [1.54, 1.807) is 36.2 Å². The Morgan fingerprint density at radius 1 is 1.07 bits per heavy atom. The van der Waals surface area contributed by atoms with Gasteiger partial charge in [0, 0.05) is 29.6 Å². The maximum absolute atomic E-state index is 13.5. The van der Waals surface area contributed by atoms with Gasteiger partial charge in [-0.15, -0.1) is 0 Å². The molecule has 0 fully saturated rings. The van der Waals surface area contributed by atoms with Gasteiger partial charge < -0.3 is 4.90 Å². The number of carbonyl (C=O) groups is 1. The number of anilines is 1. The van der Waals surface area contributed by atoms with Gasteiger partial charge in [0.15, 0.2) is 0 Å². The number of nitrogens with zero attached hydrogens (tertiary/aromatic N) is 2. The van der Waals surface area contributed by atoms with Gasteiger partial charge in [-0.05, 0) is 60.5 Å². The quantitative estimate of drug-likeness (QED) is 0.587. The molecule has 0 saturated heterocycles. The van der Waals surface area contributed by atoms with Crippen molar-refractivity contribution in [1.29, 1.82) is 0 Å². The molecule has 0 N–H and O–H groups in total. The minimum Gasteiger partial charge on any atom is -0.313 e. The Labute approximate surface area is 174 Å². The number of likely N-dealkylation sites (N-methyl/N-ethyl adjacent to an activating group) is 1. The van der Waals surface area contributed by atoms with Gasteiger partial charge in [0.25, 0.3) is 5.91 Å². The molecule has 5 heteroatoms. The number of hydrogen-bond donors (Lipinski definition) is 0. The van der Waals surface area contributed by atoms with Gasteiger partial charge in [-0.25, -0.2) is 4.39 Å². The van der Waals surface area contributed by atoms with Gasteiger partial charge in [-0.1, -0.05) is 35.9 Å². The Kier molecular flexibility index (Phi) is 5.20. The predicted molar refractivity (Wildman–Crippen MR) is 116 cm³/mol. The van der Waals surface area contributed by atoms with Gasteiger partial charge in [0.1, 0.15) is 11.9 Å². The molecule has 29 heavy (non-hydrogen) atoms. The average molecular weight is 407 g/mol. The SMILES string of the molecule is Cc1ccccc1CC1N=C(c2ccc(F)cc2)c2cc(Cl)ccc2N(C)C1=O. The first-order chi connectivity index (χ1) is 13.9. The standard InChI is InChI=1S/C24H20ClFN2O/c1-15-5-3-4-6-17(15)13-21-24(29)28(2)22-12-9-18(25)14-20(22)23(27-21)16-7-10-19(26)11-8-16/h3-12,14,21H,13H2,1-2H3. The van der Waals surface area contributed by atoms with Crippen molar-refractivity contribution in [2.24, 2.45) is 4.99 Å². The summed E-state index contributed by atoms with van der Waals surface area (Å²) in [6, 6.07) is 18.9. The number of amides is 1. The summed E-state index contributed by atoms with van der Waals surface area (Å²) in [4.78, 5) is 19.8. The Morgan fingerprint density at radius 3 is 2.52 bits per heavy atom. The molecule has 146 valence electrons. The zero-order valence-corrected chi connectivity index (χ0v) is 16.9. The van der Waals surface area contributed by atoms with Crippen molar-refractivity contribution >= 4 is 28.9 Å². The summed E-state index contributed by atoms with van der Waals surface area (Å²) in [5.74, 6) is -0.409. The van der Waals surface area contributed by atoms with Crippen LogP contribution < -0.4 is 4.90 Å². The van der Waals surface area contributed by atoms with Gasteiger partial charge in [-0.3, -0.25) is 9.79 Å². The molecule has 1 aliphatic heterocycles. The minimum atomic E-state index is -0.590. The lowest BCUT2D eigenvalue weighted by atomic mass is 9.99. The van der Waals surface area contributed by atoms with E-state index in [4.69, 9.17) is 16.6 Å². The lowest BCUT2D eigenvalue weighted by molar-refractivity contribution is -0.119. The van der Waals surface area contributed by atoms with E-state index >= 15 is 0 Å². The molecule has 3 aromatic rings. The predicted octanol–water partition coefficient (Wildman–Crippen LogP) is 5.21. The van der Waals surface area contributed by atoms with Crippen LogP contribution >= 0.6 is 11.6 Å². The normalized spacial score (nSPS) is 16.3. The first-order valence-electron chi connectivity index (χ1n) is 9.40. The first kappa shape index (κ1) is 19.3. The number of hydrogen-bond acceptors (Lipinski definition) is 2. The van der Waals surface area contributed by atoms with E-state index in [0.29, 0.717) is 17.2 Å². The molecule has 0 bridgehead atoms. The summed E-state index contributed by atoms with van der Waals surface area (Å²) in [6.45, 7) is 2.03. The second-order valence-electron chi connectivity index (χ2n) is 7.19. The van der Waals surface area contributed by atoms with Crippen LogP contribution in [0.3, 0.4) is 0 Å². The summed E-state index contributed by atoms with van der Waals surface area (Å²) in [7, 11) is 1.75. The largest absolute Gasteiger partial charge is 0.313 e. The Balaban J connectivity index is 1.88. The van der Waals surface area contributed by atoms with E-state index < -0.39 is 6.04 Å². The van der Waals surface area contributed by atoms with Crippen molar-refractivity contribution in [1.82, 2.24) is 0 Å². The van der Waals surface area contributed by atoms with Gasteiger partial charge in [-0.2, -0.15) is 0 Å². The fraction of sp³-hybridized carbons (Fsp3) is 0.167. The lowest BCUT2D eigenvalue weighted by Gasteiger charge is -2.21. The van der Waals surface area contributed by atoms with Crippen LogP contribution in [0, 0.1) is 12.7 Å².